The SMILES string of the molecule is COc1cccc(/C=C/C(=O)Nc2cc(F)ccc2NC(=O)c2ccccn2)c1OC(F)F. The van der Waals surface area contributed by atoms with Crippen LogP contribution in [0.15, 0.2) is 66.9 Å². The van der Waals surface area contributed by atoms with Crippen LogP contribution < -0.4 is 20.1 Å². The molecule has 0 spiro atoms. The predicted molar refractivity (Wildman–Crippen MR) is 116 cm³/mol. The second-order valence-corrected chi connectivity index (χ2v) is 6.44. The van der Waals surface area contributed by atoms with Gasteiger partial charge < -0.3 is 20.1 Å². The minimum Gasteiger partial charge on any atom is -0.493 e. The number of hydrogen-bond acceptors (Lipinski definition) is 5. The molecule has 10 heteroatoms. The molecule has 0 saturated carbocycles. The van der Waals surface area contributed by atoms with Gasteiger partial charge in [-0.25, -0.2) is 4.39 Å². The van der Waals surface area contributed by atoms with Gasteiger partial charge in [-0.3, -0.25) is 14.6 Å². The normalized spacial score (nSPS) is 10.8. The van der Waals surface area contributed by atoms with E-state index >= 15 is 0 Å². The third kappa shape index (κ3) is 6.33. The number of anilines is 2. The number of para-hydroxylation sites is 1. The first-order valence-corrected chi connectivity index (χ1v) is 9.50. The molecule has 0 saturated heterocycles. The molecule has 1 heterocycles. The van der Waals surface area contributed by atoms with E-state index in [-0.39, 0.29) is 34.1 Å². The minimum absolute atomic E-state index is 0.0105. The Morgan fingerprint density at radius 3 is 2.55 bits per heavy atom. The highest BCUT2D eigenvalue weighted by Gasteiger charge is 2.15. The van der Waals surface area contributed by atoms with Crippen LogP contribution in [0.4, 0.5) is 24.5 Å². The van der Waals surface area contributed by atoms with Gasteiger partial charge in [0.25, 0.3) is 5.91 Å². The monoisotopic (exact) mass is 457 g/mol. The Kier molecular flexibility index (Phi) is 7.64. The van der Waals surface area contributed by atoms with Gasteiger partial charge in [0.1, 0.15) is 11.5 Å². The van der Waals surface area contributed by atoms with Crippen molar-refractivity contribution in [2.45, 2.75) is 6.61 Å². The van der Waals surface area contributed by atoms with Crippen molar-refractivity contribution in [3.63, 3.8) is 0 Å². The van der Waals surface area contributed by atoms with Crippen LogP contribution in [0.5, 0.6) is 11.5 Å². The van der Waals surface area contributed by atoms with E-state index in [9.17, 15) is 22.8 Å². The van der Waals surface area contributed by atoms with Crippen molar-refractivity contribution >= 4 is 29.3 Å². The number of hydrogen-bond donors (Lipinski definition) is 2. The molecular weight excluding hydrogens is 439 g/mol. The molecule has 2 N–H and O–H groups in total. The summed E-state index contributed by atoms with van der Waals surface area (Å²) >= 11 is 0. The third-order valence-corrected chi connectivity index (χ3v) is 4.24. The average Bonchev–Trinajstić information content (AvgIpc) is 2.80. The zero-order valence-corrected chi connectivity index (χ0v) is 17.2. The third-order valence-electron chi connectivity index (χ3n) is 4.24. The Labute approximate surface area is 186 Å². The van der Waals surface area contributed by atoms with Crippen molar-refractivity contribution in [3.05, 3.63) is 83.9 Å². The summed E-state index contributed by atoms with van der Waals surface area (Å²) in [5.41, 5.74) is 0.414. The van der Waals surface area contributed by atoms with Crippen LogP contribution in [0.3, 0.4) is 0 Å². The molecule has 170 valence electrons. The number of ether oxygens (including phenoxy) is 2. The molecule has 2 amide bonds. The molecule has 0 aliphatic heterocycles. The molecule has 0 radical (unpaired) electrons. The van der Waals surface area contributed by atoms with Gasteiger partial charge in [0.15, 0.2) is 11.5 Å². The van der Waals surface area contributed by atoms with Crippen LogP contribution in [0.1, 0.15) is 16.1 Å². The summed E-state index contributed by atoms with van der Waals surface area (Å²) in [6.07, 6.45) is 3.72. The molecule has 0 aliphatic rings. The highest BCUT2D eigenvalue weighted by molar-refractivity contribution is 6.08. The summed E-state index contributed by atoms with van der Waals surface area (Å²) < 4.78 is 48.8. The van der Waals surface area contributed by atoms with Crippen LogP contribution in [-0.4, -0.2) is 30.5 Å². The number of alkyl halides is 2. The molecule has 0 aliphatic carbocycles. The molecule has 0 fully saturated rings. The second-order valence-electron chi connectivity index (χ2n) is 6.44. The standard InChI is InChI=1S/C23H18F3N3O4/c1-32-19-7-4-5-14(21(19)33-23(25)26)8-11-20(30)28-18-13-15(24)9-10-16(18)29-22(31)17-6-2-3-12-27-17/h2-13,23H,1H3,(H,28,30)(H,29,31)/b11-8+. The van der Waals surface area contributed by atoms with Crippen LogP contribution in [0, 0.1) is 5.82 Å². The Hall–Kier alpha value is -4.34. The number of aromatic nitrogens is 1. The number of amides is 2. The van der Waals surface area contributed by atoms with E-state index in [2.05, 4.69) is 20.4 Å². The number of carbonyl (C=O) groups is 2. The molecule has 3 aromatic rings. The summed E-state index contributed by atoms with van der Waals surface area (Å²) in [5.74, 6) is -2.10. The summed E-state index contributed by atoms with van der Waals surface area (Å²) in [6.45, 7) is -3.10. The van der Waals surface area contributed by atoms with Gasteiger partial charge >= 0.3 is 6.61 Å². The highest BCUT2D eigenvalue weighted by atomic mass is 19.3. The van der Waals surface area contributed by atoms with Crippen molar-refractivity contribution in [2.75, 3.05) is 17.7 Å². The highest BCUT2D eigenvalue weighted by Crippen LogP contribution is 2.33. The molecule has 2 aromatic carbocycles. The lowest BCUT2D eigenvalue weighted by Crippen LogP contribution is -2.16. The van der Waals surface area contributed by atoms with Crippen molar-refractivity contribution in [3.8, 4) is 11.5 Å². The Morgan fingerprint density at radius 1 is 1.03 bits per heavy atom. The molecule has 0 bridgehead atoms. The van der Waals surface area contributed by atoms with Crippen LogP contribution in [-0.2, 0) is 4.79 Å². The van der Waals surface area contributed by atoms with Crippen molar-refractivity contribution < 1.29 is 32.2 Å². The van der Waals surface area contributed by atoms with Crippen LogP contribution in [0.2, 0.25) is 0 Å². The number of nitrogens with zero attached hydrogens (tertiary/aromatic N) is 1. The Bertz CT molecular complexity index is 1170. The summed E-state index contributed by atoms with van der Waals surface area (Å²) in [7, 11) is 1.29. The first-order valence-electron chi connectivity index (χ1n) is 9.50. The topological polar surface area (TPSA) is 89.6 Å². The van der Waals surface area contributed by atoms with Gasteiger partial charge in [0.05, 0.1) is 18.5 Å². The van der Waals surface area contributed by atoms with Gasteiger partial charge in [-0.05, 0) is 42.5 Å². The fourth-order valence-electron chi connectivity index (χ4n) is 2.79. The fourth-order valence-corrected chi connectivity index (χ4v) is 2.79. The number of rotatable bonds is 8. The first kappa shape index (κ1) is 23.3. The molecule has 3 rings (SSSR count). The first-order chi connectivity index (χ1) is 15.9. The summed E-state index contributed by atoms with van der Waals surface area (Å²) in [5, 5.41) is 5.00. The molecule has 33 heavy (non-hydrogen) atoms. The van der Waals surface area contributed by atoms with E-state index in [1.165, 1.54) is 49.7 Å². The number of methoxy groups -OCH3 is 1. The second kappa shape index (κ2) is 10.8. The van der Waals surface area contributed by atoms with Gasteiger partial charge in [0, 0.05) is 17.8 Å². The number of nitrogens with one attached hydrogen (secondary N) is 2. The number of carbonyl (C=O) groups excluding carboxylic acids is 2. The number of pyridine rings is 1. The van der Waals surface area contributed by atoms with Gasteiger partial charge in [-0.15, -0.1) is 0 Å². The Morgan fingerprint density at radius 2 is 1.85 bits per heavy atom. The smallest absolute Gasteiger partial charge is 0.387 e. The largest absolute Gasteiger partial charge is 0.493 e. The molecular formula is C23H18F3N3O4. The maximum atomic E-state index is 13.8. The predicted octanol–water partition coefficient (Wildman–Crippen LogP) is 4.73. The minimum atomic E-state index is -3.10. The van der Waals surface area contributed by atoms with E-state index in [1.54, 1.807) is 12.1 Å². The van der Waals surface area contributed by atoms with Crippen molar-refractivity contribution in [1.82, 2.24) is 4.98 Å². The zero-order chi connectivity index (χ0) is 23.8. The van der Waals surface area contributed by atoms with E-state index in [4.69, 9.17) is 4.74 Å². The van der Waals surface area contributed by atoms with Gasteiger partial charge in [-0.2, -0.15) is 8.78 Å². The van der Waals surface area contributed by atoms with Gasteiger partial charge in [-0.1, -0.05) is 18.2 Å². The lowest BCUT2D eigenvalue weighted by Gasteiger charge is -2.13. The maximum Gasteiger partial charge on any atom is 0.387 e. The molecule has 1 aromatic heterocycles. The zero-order valence-electron chi connectivity index (χ0n) is 17.2. The Balaban J connectivity index is 1.79. The lowest BCUT2D eigenvalue weighted by molar-refractivity contribution is -0.111. The molecule has 0 unspecified atom stereocenters. The van der Waals surface area contributed by atoms with Crippen LogP contribution in [0.25, 0.3) is 6.08 Å². The van der Waals surface area contributed by atoms with Crippen molar-refractivity contribution in [1.29, 1.82) is 0 Å². The van der Waals surface area contributed by atoms with E-state index in [0.29, 0.717) is 0 Å². The average molecular weight is 457 g/mol. The summed E-state index contributed by atoms with van der Waals surface area (Å²) in [6, 6.07) is 12.6. The van der Waals surface area contributed by atoms with Gasteiger partial charge in [0.2, 0.25) is 5.91 Å². The van der Waals surface area contributed by atoms with E-state index < -0.39 is 24.2 Å². The lowest BCUT2D eigenvalue weighted by atomic mass is 10.1. The van der Waals surface area contributed by atoms with E-state index in [0.717, 1.165) is 18.2 Å². The molecule has 0 atom stereocenters. The number of halogens is 3. The van der Waals surface area contributed by atoms with Crippen molar-refractivity contribution in [2.24, 2.45) is 0 Å². The van der Waals surface area contributed by atoms with E-state index in [1.807, 2.05) is 0 Å². The number of benzene rings is 2. The maximum absolute atomic E-state index is 13.8. The molecule has 7 nitrogen and oxygen atoms in total. The quantitative estimate of drug-likeness (QED) is 0.477. The fraction of sp³-hybridized carbons (Fsp3) is 0.0870. The summed E-state index contributed by atoms with van der Waals surface area (Å²) in [4.78, 5) is 28.7. The van der Waals surface area contributed by atoms with Crippen LogP contribution >= 0.6 is 0 Å².